The maximum atomic E-state index is 4.70. The van der Waals surface area contributed by atoms with Crippen LogP contribution in [0.2, 0.25) is 0 Å². The molecule has 0 bridgehead atoms. The van der Waals surface area contributed by atoms with Crippen LogP contribution < -0.4 is 5.32 Å². The maximum Gasteiger partial charge on any atom is 0.107 e. The highest BCUT2D eigenvalue weighted by Gasteiger charge is 2.20. The highest BCUT2D eigenvalue weighted by molar-refractivity contribution is 7.98. The summed E-state index contributed by atoms with van der Waals surface area (Å²) in [6.07, 6.45) is 4.84. The van der Waals surface area contributed by atoms with Gasteiger partial charge in [0.1, 0.15) is 5.01 Å². The summed E-state index contributed by atoms with van der Waals surface area (Å²) in [6, 6.07) is 1.37. The minimum Gasteiger partial charge on any atom is -0.308 e. The van der Waals surface area contributed by atoms with Crippen molar-refractivity contribution in [1.82, 2.24) is 15.2 Å². The van der Waals surface area contributed by atoms with Crippen molar-refractivity contribution < 1.29 is 0 Å². The molecule has 0 radical (unpaired) electrons. The fourth-order valence-corrected chi connectivity index (χ4v) is 3.27. The molecule has 3 nitrogen and oxygen atoms in total. The Labute approximate surface area is 118 Å². The smallest absolute Gasteiger partial charge is 0.107 e. The van der Waals surface area contributed by atoms with Crippen molar-refractivity contribution in [3.63, 3.8) is 0 Å². The molecule has 1 fully saturated rings. The first-order valence-electron chi connectivity index (χ1n) is 6.55. The minimum absolute atomic E-state index is 0.606. The van der Waals surface area contributed by atoms with Crippen LogP contribution in [0.5, 0.6) is 0 Å². The molecule has 1 unspecified atom stereocenters. The predicted octanol–water partition coefficient (Wildman–Crippen LogP) is 2.58. The van der Waals surface area contributed by atoms with E-state index in [-0.39, 0.29) is 0 Å². The van der Waals surface area contributed by atoms with Crippen molar-refractivity contribution in [2.45, 2.75) is 44.9 Å². The van der Waals surface area contributed by atoms with Crippen LogP contribution >= 0.6 is 23.1 Å². The Balaban J connectivity index is 1.77. The third kappa shape index (κ3) is 4.53. The zero-order chi connectivity index (χ0) is 13.0. The lowest BCUT2D eigenvalue weighted by atomic mass is 10.3. The van der Waals surface area contributed by atoms with Gasteiger partial charge < -0.3 is 5.32 Å². The zero-order valence-electron chi connectivity index (χ0n) is 11.5. The van der Waals surface area contributed by atoms with E-state index in [1.54, 1.807) is 11.3 Å². The van der Waals surface area contributed by atoms with Gasteiger partial charge in [-0.2, -0.15) is 11.8 Å². The predicted molar refractivity (Wildman–Crippen MR) is 81.3 cm³/mol. The van der Waals surface area contributed by atoms with E-state index in [2.05, 4.69) is 35.8 Å². The lowest BCUT2D eigenvalue weighted by molar-refractivity contribution is 0.267. The SMILES string of the molecule is CSCC(C)N(C)Cc1csc(CNC2CC2)n1. The van der Waals surface area contributed by atoms with Crippen LogP contribution in [-0.2, 0) is 13.1 Å². The van der Waals surface area contributed by atoms with Crippen molar-refractivity contribution in [1.29, 1.82) is 0 Å². The van der Waals surface area contributed by atoms with Crippen LogP contribution in [0.1, 0.15) is 30.5 Å². The molecule has 1 aliphatic rings. The van der Waals surface area contributed by atoms with Crippen molar-refractivity contribution in [3.8, 4) is 0 Å². The summed E-state index contributed by atoms with van der Waals surface area (Å²) in [5.74, 6) is 1.18. The lowest BCUT2D eigenvalue weighted by Gasteiger charge is -2.22. The first-order valence-corrected chi connectivity index (χ1v) is 8.82. The highest BCUT2D eigenvalue weighted by Crippen LogP contribution is 2.20. The first kappa shape index (κ1) is 14.3. The first-order chi connectivity index (χ1) is 8.69. The van der Waals surface area contributed by atoms with Gasteiger partial charge >= 0.3 is 0 Å². The van der Waals surface area contributed by atoms with Gasteiger partial charge in [-0.15, -0.1) is 11.3 Å². The number of thioether (sulfide) groups is 1. The number of nitrogens with zero attached hydrogens (tertiary/aromatic N) is 2. The molecular formula is C13H23N3S2. The third-order valence-corrected chi connectivity index (χ3v) is 5.00. The van der Waals surface area contributed by atoms with Gasteiger partial charge in [0.25, 0.3) is 0 Å². The minimum atomic E-state index is 0.606. The molecule has 1 aromatic heterocycles. The maximum absolute atomic E-state index is 4.70. The van der Waals surface area contributed by atoms with E-state index in [1.165, 1.54) is 29.3 Å². The molecule has 0 spiro atoms. The van der Waals surface area contributed by atoms with Gasteiger partial charge in [0.05, 0.1) is 5.69 Å². The molecule has 18 heavy (non-hydrogen) atoms. The van der Waals surface area contributed by atoms with Crippen LogP contribution in [0.3, 0.4) is 0 Å². The second-order valence-corrected chi connectivity index (χ2v) is 6.96. The quantitative estimate of drug-likeness (QED) is 0.794. The van der Waals surface area contributed by atoms with Crippen molar-refractivity contribution in [2.75, 3.05) is 19.1 Å². The third-order valence-electron chi connectivity index (χ3n) is 3.29. The van der Waals surface area contributed by atoms with Gasteiger partial charge in [0.2, 0.25) is 0 Å². The van der Waals surface area contributed by atoms with Gasteiger partial charge in [-0.25, -0.2) is 4.98 Å². The van der Waals surface area contributed by atoms with E-state index in [4.69, 9.17) is 4.98 Å². The summed E-state index contributed by atoms with van der Waals surface area (Å²) in [6.45, 7) is 4.18. The zero-order valence-corrected chi connectivity index (χ0v) is 13.1. The Kier molecular flexibility index (Phi) is 5.48. The van der Waals surface area contributed by atoms with E-state index < -0.39 is 0 Å². The summed E-state index contributed by atoms with van der Waals surface area (Å²) < 4.78 is 0. The largest absolute Gasteiger partial charge is 0.308 e. The molecule has 0 aromatic carbocycles. The summed E-state index contributed by atoms with van der Waals surface area (Å²) in [5.41, 5.74) is 1.21. The van der Waals surface area contributed by atoms with Crippen molar-refractivity contribution in [2.24, 2.45) is 0 Å². The molecule has 1 heterocycles. The van der Waals surface area contributed by atoms with E-state index in [0.29, 0.717) is 6.04 Å². The monoisotopic (exact) mass is 285 g/mol. The van der Waals surface area contributed by atoms with Gasteiger partial charge in [0, 0.05) is 36.3 Å². The number of aromatic nitrogens is 1. The molecule has 1 atom stereocenters. The fraction of sp³-hybridized carbons (Fsp3) is 0.769. The van der Waals surface area contributed by atoms with Crippen molar-refractivity contribution in [3.05, 3.63) is 16.1 Å². The summed E-state index contributed by atoms with van der Waals surface area (Å²) >= 11 is 3.68. The van der Waals surface area contributed by atoms with Crippen LogP contribution in [0.4, 0.5) is 0 Å². The number of nitrogens with one attached hydrogen (secondary N) is 1. The average Bonchev–Trinajstić information content (AvgIpc) is 3.08. The molecule has 0 amide bonds. The molecule has 1 N–H and O–H groups in total. The molecule has 1 aromatic rings. The molecule has 1 saturated carbocycles. The van der Waals surface area contributed by atoms with E-state index >= 15 is 0 Å². The van der Waals surface area contributed by atoms with Gasteiger partial charge in [-0.3, -0.25) is 4.90 Å². The van der Waals surface area contributed by atoms with Gasteiger partial charge in [0.15, 0.2) is 0 Å². The van der Waals surface area contributed by atoms with Crippen LogP contribution in [0.15, 0.2) is 5.38 Å². The summed E-state index contributed by atoms with van der Waals surface area (Å²) in [5, 5.41) is 6.94. The molecule has 2 rings (SSSR count). The van der Waals surface area contributed by atoms with Crippen molar-refractivity contribution >= 4 is 23.1 Å². The van der Waals surface area contributed by atoms with E-state index in [1.807, 2.05) is 11.8 Å². The molecule has 0 saturated heterocycles. The molecule has 102 valence electrons. The molecule has 5 heteroatoms. The lowest BCUT2D eigenvalue weighted by Crippen LogP contribution is -2.30. The second kappa shape index (κ2) is 6.89. The van der Waals surface area contributed by atoms with Crippen LogP contribution in [-0.4, -0.2) is 41.0 Å². The molecular weight excluding hydrogens is 262 g/mol. The van der Waals surface area contributed by atoms with Gasteiger partial charge in [-0.05, 0) is 33.1 Å². The van der Waals surface area contributed by atoms with E-state index in [9.17, 15) is 0 Å². The highest BCUT2D eigenvalue weighted by atomic mass is 32.2. The number of hydrogen-bond acceptors (Lipinski definition) is 5. The number of rotatable bonds is 8. The summed E-state index contributed by atoms with van der Waals surface area (Å²) in [7, 11) is 2.18. The Morgan fingerprint density at radius 1 is 1.61 bits per heavy atom. The van der Waals surface area contributed by atoms with Crippen LogP contribution in [0, 0.1) is 0 Å². The van der Waals surface area contributed by atoms with Crippen LogP contribution in [0.25, 0.3) is 0 Å². The molecule has 1 aliphatic carbocycles. The Bertz CT molecular complexity index is 363. The normalized spacial score (nSPS) is 17.3. The number of thiazole rings is 1. The second-order valence-electron chi connectivity index (χ2n) is 5.11. The van der Waals surface area contributed by atoms with E-state index in [0.717, 1.165) is 19.1 Å². The van der Waals surface area contributed by atoms with Gasteiger partial charge in [-0.1, -0.05) is 0 Å². The topological polar surface area (TPSA) is 28.2 Å². The summed E-state index contributed by atoms with van der Waals surface area (Å²) in [4.78, 5) is 7.08. The molecule has 0 aliphatic heterocycles. The number of hydrogen-bond donors (Lipinski definition) is 1. The average molecular weight is 285 g/mol. The fourth-order valence-electron chi connectivity index (χ4n) is 1.80. The Hall–Kier alpha value is -0.100. The Morgan fingerprint density at radius 3 is 3.06 bits per heavy atom. The Morgan fingerprint density at radius 2 is 2.39 bits per heavy atom. The standard InChI is InChI=1S/C13H23N3S2/c1-10(8-17-3)16(2)7-12-9-18-13(15-12)6-14-11-4-5-11/h9-11,14H,4-8H2,1-3H3.